The van der Waals surface area contributed by atoms with E-state index in [1.807, 2.05) is 67.1 Å². The van der Waals surface area contributed by atoms with Crippen LogP contribution in [0.2, 0.25) is 0 Å². The lowest BCUT2D eigenvalue weighted by Gasteiger charge is -2.20. The largest absolute Gasteiger partial charge is 0.497 e. The van der Waals surface area contributed by atoms with Crippen LogP contribution in [0.5, 0.6) is 5.75 Å². The average Bonchev–Trinajstić information content (AvgIpc) is 3.28. The van der Waals surface area contributed by atoms with Crippen LogP contribution in [0, 0.1) is 13.8 Å². The second kappa shape index (κ2) is 9.33. The Balaban J connectivity index is 1.73. The predicted octanol–water partition coefficient (Wildman–Crippen LogP) is 5.93. The van der Waals surface area contributed by atoms with Crippen molar-refractivity contribution in [3.63, 3.8) is 0 Å². The SMILES string of the molecule is COc1ccc(-n2nc(N(C)C(=O)C(C)c3cccc(C)c3)cc2-c2ccc(C)cc2)cc1. The topological polar surface area (TPSA) is 47.4 Å². The molecule has 4 aromatic rings. The number of ether oxygens (including phenoxy) is 1. The summed E-state index contributed by atoms with van der Waals surface area (Å²) in [4.78, 5) is 15.0. The molecule has 1 amide bonds. The highest BCUT2D eigenvalue weighted by atomic mass is 16.5. The summed E-state index contributed by atoms with van der Waals surface area (Å²) in [7, 11) is 3.43. The van der Waals surface area contributed by atoms with Gasteiger partial charge in [0, 0.05) is 18.7 Å². The lowest BCUT2D eigenvalue weighted by atomic mass is 9.98. The molecule has 0 saturated carbocycles. The Kier molecular flexibility index (Phi) is 6.31. The summed E-state index contributed by atoms with van der Waals surface area (Å²) < 4.78 is 7.18. The molecule has 0 aliphatic heterocycles. The van der Waals surface area contributed by atoms with Gasteiger partial charge in [0.1, 0.15) is 5.75 Å². The zero-order valence-electron chi connectivity index (χ0n) is 19.7. The van der Waals surface area contributed by atoms with Gasteiger partial charge in [0.05, 0.1) is 24.4 Å². The van der Waals surface area contributed by atoms with Crippen molar-refractivity contribution in [2.75, 3.05) is 19.1 Å². The smallest absolute Gasteiger partial charge is 0.235 e. The van der Waals surface area contributed by atoms with Gasteiger partial charge in [-0.05, 0) is 50.6 Å². The van der Waals surface area contributed by atoms with E-state index in [0.29, 0.717) is 5.82 Å². The first-order valence-electron chi connectivity index (χ1n) is 11.0. The van der Waals surface area contributed by atoms with Crippen LogP contribution in [0.1, 0.15) is 29.5 Å². The van der Waals surface area contributed by atoms with Crippen LogP contribution in [-0.2, 0) is 4.79 Å². The highest BCUT2D eigenvalue weighted by Crippen LogP contribution is 2.30. The van der Waals surface area contributed by atoms with Gasteiger partial charge >= 0.3 is 0 Å². The third-order valence-corrected chi connectivity index (χ3v) is 5.95. The fourth-order valence-electron chi connectivity index (χ4n) is 3.87. The van der Waals surface area contributed by atoms with Crippen LogP contribution in [0.3, 0.4) is 0 Å². The molecule has 1 unspecified atom stereocenters. The number of rotatable bonds is 6. The van der Waals surface area contributed by atoms with Crippen molar-refractivity contribution in [2.45, 2.75) is 26.7 Å². The number of hydrogen-bond acceptors (Lipinski definition) is 3. The third-order valence-electron chi connectivity index (χ3n) is 5.95. The molecule has 3 aromatic carbocycles. The van der Waals surface area contributed by atoms with E-state index in [-0.39, 0.29) is 11.8 Å². The second-order valence-electron chi connectivity index (χ2n) is 8.40. The van der Waals surface area contributed by atoms with Gasteiger partial charge in [-0.1, -0.05) is 59.7 Å². The van der Waals surface area contributed by atoms with Crippen LogP contribution < -0.4 is 9.64 Å². The predicted molar refractivity (Wildman–Crippen MR) is 133 cm³/mol. The highest BCUT2D eigenvalue weighted by molar-refractivity contribution is 5.97. The minimum absolute atomic E-state index is 0.00422. The molecular formula is C28H29N3O2. The zero-order valence-corrected chi connectivity index (χ0v) is 19.7. The van der Waals surface area contributed by atoms with Crippen LogP contribution in [0.15, 0.2) is 78.9 Å². The second-order valence-corrected chi connectivity index (χ2v) is 8.40. The number of likely N-dealkylation sites (N-methyl/N-ethyl adjacent to an activating group) is 1. The number of amides is 1. The van der Waals surface area contributed by atoms with E-state index in [0.717, 1.165) is 33.8 Å². The number of carbonyl (C=O) groups is 1. The van der Waals surface area contributed by atoms with Gasteiger partial charge in [0.15, 0.2) is 5.82 Å². The molecule has 0 aliphatic rings. The van der Waals surface area contributed by atoms with Gasteiger partial charge in [-0.3, -0.25) is 9.69 Å². The van der Waals surface area contributed by atoms with Crippen molar-refractivity contribution >= 4 is 11.7 Å². The normalized spacial score (nSPS) is 11.8. The summed E-state index contributed by atoms with van der Waals surface area (Å²) in [6.07, 6.45) is 0. The first-order chi connectivity index (χ1) is 15.9. The first-order valence-corrected chi connectivity index (χ1v) is 11.0. The first kappa shape index (κ1) is 22.3. The minimum atomic E-state index is -0.274. The van der Waals surface area contributed by atoms with E-state index < -0.39 is 0 Å². The van der Waals surface area contributed by atoms with E-state index >= 15 is 0 Å². The summed E-state index contributed by atoms with van der Waals surface area (Å²) in [5.74, 6) is 1.10. The van der Waals surface area contributed by atoms with E-state index in [4.69, 9.17) is 9.84 Å². The number of carbonyl (C=O) groups excluding carboxylic acids is 1. The van der Waals surface area contributed by atoms with Crippen LogP contribution in [0.4, 0.5) is 5.82 Å². The Morgan fingerprint density at radius 2 is 1.64 bits per heavy atom. The molecule has 0 radical (unpaired) electrons. The van der Waals surface area contributed by atoms with Crippen molar-refractivity contribution in [2.24, 2.45) is 0 Å². The Bertz CT molecular complexity index is 1260. The van der Waals surface area contributed by atoms with Gasteiger partial charge in [-0.15, -0.1) is 5.10 Å². The summed E-state index contributed by atoms with van der Waals surface area (Å²) in [6.45, 7) is 6.04. The lowest BCUT2D eigenvalue weighted by Crippen LogP contribution is -2.31. The number of anilines is 1. The van der Waals surface area contributed by atoms with E-state index in [2.05, 4.69) is 37.3 Å². The van der Waals surface area contributed by atoms with Crippen molar-refractivity contribution in [1.29, 1.82) is 0 Å². The lowest BCUT2D eigenvalue weighted by molar-refractivity contribution is -0.119. The maximum Gasteiger partial charge on any atom is 0.235 e. The average molecular weight is 440 g/mol. The van der Waals surface area contributed by atoms with Crippen molar-refractivity contribution in [3.05, 3.63) is 95.6 Å². The fourth-order valence-corrected chi connectivity index (χ4v) is 3.87. The van der Waals surface area contributed by atoms with Crippen molar-refractivity contribution in [3.8, 4) is 22.7 Å². The molecule has 5 heteroatoms. The van der Waals surface area contributed by atoms with E-state index in [9.17, 15) is 4.79 Å². The molecule has 4 rings (SSSR count). The van der Waals surface area contributed by atoms with Crippen LogP contribution >= 0.6 is 0 Å². The molecule has 1 atom stereocenters. The van der Waals surface area contributed by atoms with Crippen LogP contribution in [0.25, 0.3) is 16.9 Å². The van der Waals surface area contributed by atoms with Gasteiger partial charge in [0.25, 0.3) is 0 Å². The molecule has 0 aliphatic carbocycles. The number of methoxy groups -OCH3 is 1. The molecule has 0 saturated heterocycles. The Hall–Kier alpha value is -3.86. The molecule has 0 N–H and O–H groups in total. The molecule has 0 fully saturated rings. The van der Waals surface area contributed by atoms with Gasteiger partial charge in [-0.25, -0.2) is 4.68 Å². The van der Waals surface area contributed by atoms with Gasteiger partial charge in [0.2, 0.25) is 5.91 Å². The third kappa shape index (κ3) is 4.67. The van der Waals surface area contributed by atoms with Crippen molar-refractivity contribution < 1.29 is 9.53 Å². The van der Waals surface area contributed by atoms with E-state index in [1.165, 1.54) is 5.56 Å². The molecule has 1 heterocycles. The molecule has 0 spiro atoms. The minimum Gasteiger partial charge on any atom is -0.497 e. The number of benzene rings is 3. The molecular weight excluding hydrogens is 410 g/mol. The highest BCUT2D eigenvalue weighted by Gasteiger charge is 2.24. The summed E-state index contributed by atoms with van der Waals surface area (Å²) in [5.41, 5.74) is 6.17. The number of aryl methyl sites for hydroxylation is 2. The molecule has 1 aromatic heterocycles. The Morgan fingerprint density at radius 1 is 0.939 bits per heavy atom. The standard InChI is InChI=1S/C28H29N3O2/c1-19-9-11-22(12-10-19)26-18-27(29-31(26)24-13-15-25(33-5)16-14-24)30(4)28(32)21(3)23-8-6-7-20(2)17-23/h6-18,21H,1-5H3. The molecule has 168 valence electrons. The summed E-state index contributed by atoms with van der Waals surface area (Å²) >= 11 is 0. The van der Waals surface area contributed by atoms with Crippen LogP contribution in [-0.4, -0.2) is 29.8 Å². The molecule has 33 heavy (non-hydrogen) atoms. The number of nitrogens with zero attached hydrogens (tertiary/aromatic N) is 3. The molecule has 0 bridgehead atoms. The fraction of sp³-hybridized carbons (Fsp3) is 0.214. The summed E-state index contributed by atoms with van der Waals surface area (Å²) in [6, 6.07) is 26.1. The monoisotopic (exact) mass is 439 g/mol. The number of hydrogen-bond donors (Lipinski definition) is 0. The quantitative estimate of drug-likeness (QED) is 0.374. The van der Waals surface area contributed by atoms with Gasteiger partial charge < -0.3 is 4.74 Å². The Morgan fingerprint density at radius 3 is 2.27 bits per heavy atom. The maximum absolute atomic E-state index is 13.3. The van der Waals surface area contributed by atoms with E-state index in [1.54, 1.807) is 19.1 Å². The zero-order chi connectivity index (χ0) is 23.5. The molecule has 5 nitrogen and oxygen atoms in total. The van der Waals surface area contributed by atoms with Crippen molar-refractivity contribution in [1.82, 2.24) is 9.78 Å². The summed E-state index contributed by atoms with van der Waals surface area (Å²) in [5, 5.41) is 4.83. The Labute approximate surface area is 195 Å². The maximum atomic E-state index is 13.3. The van der Waals surface area contributed by atoms with Gasteiger partial charge in [-0.2, -0.15) is 0 Å². The number of aromatic nitrogens is 2.